The number of hydrogen-bond donors (Lipinski definition) is 1. The second kappa shape index (κ2) is 7.25. The molecule has 2 aliphatic heterocycles. The fourth-order valence-electron chi connectivity index (χ4n) is 3.75. The van der Waals surface area contributed by atoms with Gasteiger partial charge in [-0.15, -0.1) is 0 Å². The number of carbonyl (C=O) groups is 1. The molecule has 1 atom stereocenters. The first-order valence-corrected chi connectivity index (χ1v) is 8.48. The first-order chi connectivity index (χ1) is 10.8. The number of nitrogens with one attached hydrogen (secondary N) is 1. The molecule has 4 heteroatoms. The third kappa shape index (κ3) is 3.68. The number of nitrogens with zero attached hydrogens (tertiary/aromatic N) is 2. The summed E-state index contributed by atoms with van der Waals surface area (Å²) >= 11 is 0. The highest BCUT2D eigenvalue weighted by Gasteiger charge is 2.25. The highest BCUT2D eigenvalue weighted by Crippen LogP contribution is 2.20. The van der Waals surface area contributed by atoms with E-state index in [1.807, 2.05) is 11.9 Å². The van der Waals surface area contributed by atoms with E-state index >= 15 is 0 Å². The zero-order valence-corrected chi connectivity index (χ0v) is 13.6. The van der Waals surface area contributed by atoms with E-state index in [1.165, 1.54) is 24.0 Å². The molecule has 0 aromatic heterocycles. The topological polar surface area (TPSA) is 35.6 Å². The van der Waals surface area contributed by atoms with E-state index in [4.69, 9.17) is 0 Å². The number of rotatable bonds is 4. The van der Waals surface area contributed by atoms with Gasteiger partial charge in [0.25, 0.3) is 0 Å². The van der Waals surface area contributed by atoms with Crippen LogP contribution in [0.3, 0.4) is 0 Å². The van der Waals surface area contributed by atoms with Crippen LogP contribution in [0.25, 0.3) is 0 Å². The summed E-state index contributed by atoms with van der Waals surface area (Å²) in [4.78, 5) is 17.0. The Hall–Kier alpha value is -1.39. The average molecular weight is 301 g/mol. The van der Waals surface area contributed by atoms with Crippen LogP contribution in [0.2, 0.25) is 0 Å². The Kier molecular flexibility index (Phi) is 5.11. The molecule has 0 spiro atoms. The molecule has 1 aromatic rings. The molecule has 1 N–H and O–H groups in total. The Morgan fingerprint density at radius 3 is 2.91 bits per heavy atom. The minimum Gasteiger partial charge on any atom is -0.337 e. The molecule has 0 aliphatic carbocycles. The summed E-state index contributed by atoms with van der Waals surface area (Å²) < 4.78 is 0. The smallest absolute Gasteiger partial charge is 0.237 e. The highest BCUT2D eigenvalue weighted by atomic mass is 16.2. The van der Waals surface area contributed by atoms with Crippen molar-refractivity contribution in [1.29, 1.82) is 0 Å². The fraction of sp³-hybridized carbons (Fsp3) is 0.611. The van der Waals surface area contributed by atoms with Gasteiger partial charge in [0.15, 0.2) is 0 Å². The SMILES string of the molecule is CNCC1CCCN(CC(=O)N2CCc3ccccc3C2)C1. The highest BCUT2D eigenvalue weighted by molar-refractivity contribution is 5.78. The molecule has 3 rings (SSSR count). The van der Waals surface area contributed by atoms with Gasteiger partial charge in [-0.1, -0.05) is 24.3 Å². The summed E-state index contributed by atoms with van der Waals surface area (Å²) in [5, 5.41) is 3.26. The van der Waals surface area contributed by atoms with Crippen LogP contribution in [0.1, 0.15) is 24.0 Å². The van der Waals surface area contributed by atoms with Crippen LogP contribution in [0, 0.1) is 5.92 Å². The van der Waals surface area contributed by atoms with Gasteiger partial charge in [-0.05, 0) is 56.4 Å². The quantitative estimate of drug-likeness (QED) is 0.915. The minimum atomic E-state index is 0.291. The van der Waals surface area contributed by atoms with Gasteiger partial charge in [0.05, 0.1) is 6.54 Å². The lowest BCUT2D eigenvalue weighted by molar-refractivity contribution is -0.133. The molecule has 1 aromatic carbocycles. The third-order valence-electron chi connectivity index (χ3n) is 4.94. The largest absolute Gasteiger partial charge is 0.337 e. The Bertz CT molecular complexity index is 515. The summed E-state index contributed by atoms with van der Waals surface area (Å²) in [7, 11) is 2.01. The van der Waals surface area contributed by atoms with Crippen LogP contribution in [-0.4, -0.2) is 55.5 Å². The van der Waals surface area contributed by atoms with Crippen molar-refractivity contribution in [1.82, 2.24) is 15.1 Å². The van der Waals surface area contributed by atoms with E-state index in [1.54, 1.807) is 0 Å². The van der Waals surface area contributed by atoms with E-state index in [0.29, 0.717) is 18.4 Å². The minimum absolute atomic E-state index is 0.291. The zero-order valence-electron chi connectivity index (χ0n) is 13.6. The first kappa shape index (κ1) is 15.5. The fourth-order valence-corrected chi connectivity index (χ4v) is 3.75. The molecular weight excluding hydrogens is 274 g/mol. The van der Waals surface area contributed by atoms with E-state index < -0.39 is 0 Å². The van der Waals surface area contributed by atoms with Crippen molar-refractivity contribution < 1.29 is 4.79 Å². The summed E-state index contributed by atoms with van der Waals surface area (Å²) in [6.07, 6.45) is 3.48. The van der Waals surface area contributed by atoms with Crippen molar-refractivity contribution >= 4 is 5.91 Å². The number of carbonyl (C=O) groups excluding carboxylic acids is 1. The van der Waals surface area contributed by atoms with E-state index in [9.17, 15) is 4.79 Å². The molecule has 0 bridgehead atoms. The van der Waals surface area contributed by atoms with Gasteiger partial charge >= 0.3 is 0 Å². The summed E-state index contributed by atoms with van der Waals surface area (Å²) in [6.45, 7) is 5.41. The second-order valence-electron chi connectivity index (χ2n) is 6.64. The Balaban J connectivity index is 1.54. The maximum atomic E-state index is 12.6. The lowest BCUT2D eigenvalue weighted by Gasteiger charge is -2.35. The number of piperidine rings is 1. The number of hydrogen-bond acceptors (Lipinski definition) is 3. The van der Waals surface area contributed by atoms with Gasteiger partial charge in [-0.25, -0.2) is 0 Å². The van der Waals surface area contributed by atoms with Crippen molar-refractivity contribution in [3.8, 4) is 0 Å². The predicted octanol–water partition coefficient (Wildman–Crippen LogP) is 1.50. The molecule has 4 nitrogen and oxygen atoms in total. The monoisotopic (exact) mass is 301 g/mol. The molecule has 0 saturated carbocycles. The van der Waals surface area contributed by atoms with Crippen molar-refractivity contribution in [2.45, 2.75) is 25.8 Å². The lowest BCUT2D eigenvalue weighted by atomic mass is 9.97. The maximum Gasteiger partial charge on any atom is 0.237 e. The van der Waals surface area contributed by atoms with Gasteiger partial charge in [-0.2, -0.15) is 0 Å². The van der Waals surface area contributed by atoms with Crippen LogP contribution in [-0.2, 0) is 17.8 Å². The lowest BCUT2D eigenvalue weighted by Crippen LogP contribution is -2.46. The number of benzene rings is 1. The van der Waals surface area contributed by atoms with Gasteiger partial charge in [0.2, 0.25) is 5.91 Å². The summed E-state index contributed by atoms with van der Waals surface area (Å²) in [5.74, 6) is 0.980. The van der Waals surface area contributed by atoms with Gasteiger partial charge in [0, 0.05) is 19.6 Å². The Morgan fingerprint density at radius 2 is 2.09 bits per heavy atom. The van der Waals surface area contributed by atoms with Crippen molar-refractivity contribution in [3.05, 3.63) is 35.4 Å². The molecule has 1 saturated heterocycles. The van der Waals surface area contributed by atoms with E-state index in [2.05, 4.69) is 34.5 Å². The molecule has 1 amide bonds. The van der Waals surface area contributed by atoms with Crippen molar-refractivity contribution in [3.63, 3.8) is 0 Å². The average Bonchev–Trinajstić information content (AvgIpc) is 2.55. The van der Waals surface area contributed by atoms with E-state index in [-0.39, 0.29) is 0 Å². The molecule has 2 heterocycles. The predicted molar refractivity (Wildman–Crippen MR) is 88.7 cm³/mol. The summed E-state index contributed by atoms with van der Waals surface area (Å²) in [5.41, 5.74) is 2.72. The van der Waals surface area contributed by atoms with Crippen LogP contribution >= 0.6 is 0 Å². The number of amides is 1. The van der Waals surface area contributed by atoms with Gasteiger partial charge in [-0.3, -0.25) is 9.69 Å². The molecule has 1 fully saturated rings. The number of fused-ring (bicyclic) bond motifs is 1. The van der Waals surface area contributed by atoms with Gasteiger partial charge < -0.3 is 10.2 Å². The molecule has 120 valence electrons. The number of likely N-dealkylation sites (tertiary alicyclic amines) is 1. The van der Waals surface area contributed by atoms with Crippen LogP contribution < -0.4 is 5.32 Å². The normalized spacial score (nSPS) is 22.4. The Labute approximate surface area is 133 Å². The molecule has 1 unspecified atom stereocenters. The molecular formula is C18H27N3O. The van der Waals surface area contributed by atoms with Gasteiger partial charge in [0.1, 0.15) is 0 Å². The zero-order chi connectivity index (χ0) is 15.4. The molecule has 2 aliphatic rings. The third-order valence-corrected chi connectivity index (χ3v) is 4.94. The molecule has 0 radical (unpaired) electrons. The van der Waals surface area contributed by atoms with Crippen LogP contribution in [0.15, 0.2) is 24.3 Å². The van der Waals surface area contributed by atoms with E-state index in [0.717, 1.165) is 39.1 Å². The Morgan fingerprint density at radius 1 is 1.27 bits per heavy atom. The van der Waals surface area contributed by atoms with Crippen LogP contribution in [0.4, 0.5) is 0 Å². The van der Waals surface area contributed by atoms with Crippen LogP contribution in [0.5, 0.6) is 0 Å². The second-order valence-corrected chi connectivity index (χ2v) is 6.64. The summed E-state index contributed by atoms with van der Waals surface area (Å²) in [6, 6.07) is 8.49. The first-order valence-electron chi connectivity index (χ1n) is 8.48. The molecule has 22 heavy (non-hydrogen) atoms. The van der Waals surface area contributed by atoms with Crippen molar-refractivity contribution in [2.24, 2.45) is 5.92 Å². The van der Waals surface area contributed by atoms with Crippen molar-refractivity contribution in [2.75, 3.05) is 39.8 Å². The standard InChI is InChI=1S/C18H27N3O/c1-19-11-15-5-4-9-20(12-15)14-18(22)21-10-8-16-6-2-3-7-17(16)13-21/h2-3,6-7,15,19H,4-5,8-14H2,1H3. The maximum absolute atomic E-state index is 12.6.